The number of fused-ring (bicyclic) bond motifs is 1. The van der Waals surface area contributed by atoms with Crippen molar-refractivity contribution < 1.29 is 13.2 Å². The normalized spacial score (nSPS) is 11.6. The Hall–Kier alpha value is -2.12. The third-order valence-corrected chi connectivity index (χ3v) is 5.80. The number of hydrogen-bond donors (Lipinski definition) is 1. The van der Waals surface area contributed by atoms with Crippen LogP contribution in [-0.4, -0.2) is 20.5 Å². The summed E-state index contributed by atoms with van der Waals surface area (Å²) in [5, 5.41) is 0.342. The van der Waals surface area contributed by atoms with E-state index in [1.807, 2.05) is 32.0 Å². The molecule has 0 spiro atoms. The molecular formula is C16H16N2O3S2. The number of nitrogens with one attached hydrogen (secondary N) is 1. The highest BCUT2D eigenvalue weighted by molar-refractivity contribution is 7.93. The average Bonchev–Trinajstić information content (AvgIpc) is 2.87. The number of benzene rings is 2. The Bertz CT molecular complexity index is 978. The number of hydrogen-bond acceptors (Lipinski definition) is 5. The SMILES string of the molecule is COc1ccc(C)cc1S(=O)(=O)Nc1nc2ccc(C)cc2s1. The van der Waals surface area contributed by atoms with Gasteiger partial charge in [0.2, 0.25) is 0 Å². The standard InChI is InChI=1S/C16H16N2O3S2/c1-10-4-6-12-14(8-10)22-16(17-12)18-23(19,20)15-9-11(2)5-7-13(15)21-3/h4-9H,1-3H3,(H,17,18). The number of anilines is 1. The highest BCUT2D eigenvalue weighted by atomic mass is 32.2. The molecule has 1 aromatic heterocycles. The first-order chi connectivity index (χ1) is 10.9. The molecule has 7 heteroatoms. The van der Waals surface area contributed by atoms with Crippen LogP contribution >= 0.6 is 11.3 Å². The number of ether oxygens (including phenoxy) is 1. The Morgan fingerprint density at radius 3 is 2.52 bits per heavy atom. The van der Waals surface area contributed by atoms with E-state index in [1.54, 1.807) is 18.2 Å². The minimum atomic E-state index is -3.76. The molecule has 0 unspecified atom stereocenters. The first kappa shape index (κ1) is 15.8. The third-order valence-electron chi connectivity index (χ3n) is 3.37. The van der Waals surface area contributed by atoms with Gasteiger partial charge in [-0.1, -0.05) is 23.5 Å². The van der Waals surface area contributed by atoms with Crippen LogP contribution < -0.4 is 9.46 Å². The van der Waals surface area contributed by atoms with E-state index in [4.69, 9.17) is 4.74 Å². The maximum absolute atomic E-state index is 12.7. The summed E-state index contributed by atoms with van der Waals surface area (Å²) in [7, 11) is -2.31. The third kappa shape index (κ3) is 3.16. The molecule has 0 bridgehead atoms. The van der Waals surface area contributed by atoms with E-state index in [0.29, 0.717) is 10.9 Å². The number of aryl methyl sites for hydroxylation is 2. The van der Waals surface area contributed by atoms with Gasteiger partial charge in [0.25, 0.3) is 10.0 Å². The Balaban J connectivity index is 2.01. The molecule has 0 radical (unpaired) electrons. The second kappa shape index (κ2) is 5.82. The molecule has 0 saturated carbocycles. The first-order valence-corrected chi connectivity index (χ1v) is 9.24. The Kier molecular flexibility index (Phi) is 3.99. The lowest BCUT2D eigenvalue weighted by atomic mass is 10.2. The van der Waals surface area contributed by atoms with E-state index in [-0.39, 0.29) is 4.90 Å². The molecule has 1 heterocycles. The van der Waals surface area contributed by atoms with Gasteiger partial charge in [-0.15, -0.1) is 0 Å². The zero-order valence-corrected chi connectivity index (χ0v) is 14.6. The van der Waals surface area contributed by atoms with Gasteiger partial charge >= 0.3 is 0 Å². The van der Waals surface area contributed by atoms with Crippen molar-refractivity contribution in [2.45, 2.75) is 18.7 Å². The number of aromatic nitrogens is 1. The summed E-state index contributed by atoms with van der Waals surface area (Å²) < 4.78 is 34.0. The lowest BCUT2D eigenvalue weighted by Gasteiger charge is -2.10. The van der Waals surface area contributed by atoms with Gasteiger partial charge in [0.05, 0.1) is 17.3 Å². The second-order valence-corrected chi connectivity index (χ2v) is 7.93. The Morgan fingerprint density at radius 2 is 1.78 bits per heavy atom. The summed E-state index contributed by atoms with van der Waals surface area (Å²) in [6.07, 6.45) is 0. The van der Waals surface area contributed by atoms with Crippen molar-refractivity contribution in [1.82, 2.24) is 4.98 Å². The molecule has 3 rings (SSSR count). The van der Waals surface area contributed by atoms with Crippen molar-refractivity contribution in [3.8, 4) is 5.75 Å². The molecule has 0 atom stereocenters. The van der Waals surface area contributed by atoms with Crippen molar-refractivity contribution in [2.75, 3.05) is 11.8 Å². The van der Waals surface area contributed by atoms with E-state index in [2.05, 4.69) is 9.71 Å². The van der Waals surface area contributed by atoms with Gasteiger partial charge in [0.1, 0.15) is 10.6 Å². The maximum atomic E-state index is 12.7. The van der Waals surface area contributed by atoms with Gasteiger partial charge in [0.15, 0.2) is 5.13 Å². The molecular weight excluding hydrogens is 332 g/mol. The molecule has 0 aliphatic rings. The molecule has 23 heavy (non-hydrogen) atoms. The van der Waals surface area contributed by atoms with Crippen LogP contribution in [0.2, 0.25) is 0 Å². The largest absolute Gasteiger partial charge is 0.495 e. The highest BCUT2D eigenvalue weighted by Crippen LogP contribution is 2.31. The summed E-state index contributed by atoms with van der Waals surface area (Å²) in [6.45, 7) is 3.82. The van der Waals surface area contributed by atoms with Crippen molar-refractivity contribution >= 4 is 36.7 Å². The van der Waals surface area contributed by atoms with Gasteiger partial charge in [0, 0.05) is 0 Å². The first-order valence-electron chi connectivity index (χ1n) is 6.94. The van der Waals surface area contributed by atoms with E-state index in [9.17, 15) is 8.42 Å². The summed E-state index contributed by atoms with van der Waals surface area (Å²) in [6, 6.07) is 10.8. The van der Waals surface area contributed by atoms with Crippen LogP contribution in [0.1, 0.15) is 11.1 Å². The van der Waals surface area contributed by atoms with Crippen molar-refractivity contribution in [3.63, 3.8) is 0 Å². The molecule has 0 aliphatic heterocycles. The van der Waals surface area contributed by atoms with Crippen LogP contribution in [0.5, 0.6) is 5.75 Å². The van der Waals surface area contributed by atoms with E-state index in [0.717, 1.165) is 21.3 Å². The van der Waals surface area contributed by atoms with E-state index >= 15 is 0 Å². The number of thiazole rings is 1. The number of rotatable bonds is 4. The summed E-state index contributed by atoms with van der Waals surface area (Å²) in [5.41, 5.74) is 2.72. The zero-order chi connectivity index (χ0) is 16.6. The van der Waals surface area contributed by atoms with Crippen molar-refractivity contribution in [2.24, 2.45) is 0 Å². The van der Waals surface area contributed by atoms with Gasteiger partial charge in [-0.05, 0) is 49.2 Å². The fraction of sp³-hybridized carbons (Fsp3) is 0.188. The molecule has 1 N–H and O–H groups in total. The molecule has 3 aromatic rings. The number of sulfonamides is 1. The average molecular weight is 348 g/mol. The number of methoxy groups -OCH3 is 1. The highest BCUT2D eigenvalue weighted by Gasteiger charge is 2.21. The fourth-order valence-corrected chi connectivity index (χ4v) is 4.69. The molecule has 0 aliphatic carbocycles. The van der Waals surface area contributed by atoms with Crippen molar-refractivity contribution in [1.29, 1.82) is 0 Å². The van der Waals surface area contributed by atoms with Gasteiger partial charge in [-0.3, -0.25) is 4.72 Å². The lowest BCUT2D eigenvalue weighted by molar-refractivity contribution is 0.402. The summed E-state index contributed by atoms with van der Waals surface area (Å²) in [5.74, 6) is 0.306. The van der Waals surface area contributed by atoms with E-state index < -0.39 is 10.0 Å². The topological polar surface area (TPSA) is 68.3 Å². The minimum Gasteiger partial charge on any atom is -0.495 e. The quantitative estimate of drug-likeness (QED) is 0.780. The zero-order valence-electron chi connectivity index (χ0n) is 13.0. The molecule has 2 aromatic carbocycles. The van der Waals surface area contributed by atoms with Crippen molar-refractivity contribution in [3.05, 3.63) is 47.5 Å². The van der Waals surface area contributed by atoms with Gasteiger partial charge < -0.3 is 4.74 Å². The van der Waals surface area contributed by atoms with Crippen LogP contribution in [0.3, 0.4) is 0 Å². The Labute approximate surface area is 139 Å². The van der Waals surface area contributed by atoms with Crippen LogP contribution in [0, 0.1) is 13.8 Å². The predicted octanol–water partition coefficient (Wildman–Crippen LogP) is 3.72. The van der Waals surface area contributed by atoms with Gasteiger partial charge in [-0.2, -0.15) is 0 Å². The van der Waals surface area contributed by atoms with Gasteiger partial charge in [-0.25, -0.2) is 13.4 Å². The molecule has 0 amide bonds. The molecule has 120 valence electrons. The molecule has 0 saturated heterocycles. The van der Waals surface area contributed by atoms with Crippen LogP contribution in [0.15, 0.2) is 41.3 Å². The molecule has 5 nitrogen and oxygen atoms in total. The number of nitrogens with zero attached hydrogens (tertiary/aromatic N) is 1. The minimum absolute atomic E-state index is 0.107. The fourth-order valence-electron chi connectivity index (χ4n) is 2.24. The van der Waals surface area contributed by atoms with E-state index in [1.165, 1.54) is 18.4 Å². The lowest BCUT2D eigenvalue weighted by Crippen LogP contribution is -2.14. The smallest absolute Gasteiger partial charge is 0.267 e. The Morgan fingerprint density at radius 1 is 1.09 bits per heavy atom. The predicted molar refractivity (Wildman–Crippen MR) is 92.9 cm³/mol. The van der Waals surface area contributed by atoms with Crippen LogP contribution in [0.4, 0.5) is 5.13 Å². The summed E-state index contributed by atoms with van der Waals surface area (Å²) >= 11 is 1.31. The summed E-state index contributed by atoms with van der Waals surface area (Å²) in [4.78, 5) is 4.44. The maximum Gasteiger partial charge on any atom is 0.267 e. The van der Waals surface area contributed by atoms with Crippen LogP contribution in [0.25, 0.3) is 10.2 Å². The molecule has 0 fully saturated rings. The second-order valence-electron chi connectivity index (χ2n) is 5.25. The monoisotopic (exact) mass is 348 g/mol. The van der Waals surface area contributed by atoms with Crippen LogP contribution in [-0.2, 0) is 10.0 Å².